The van der Waals surface area contributed by atoms with Crippen LogP contribution in [0.15, 0.2) is 46.1 Å². The van der Waals surface area contributed by atoms with Crippen molar-refractivity contribution >= 4 is 28.5 Å². The van der Waals surface area contributed by atoms with Crippen molar-refractivity contribution in [2.45, 2.75) is 0 Å². The van der Waals surface area contributed by atoms with Crippen LogP contribution in [0.1, 0.15) is 10.4 Å². The maximum absolute atomic E-state index is 12.7. The zero-order valence-corrected chi connectivity index (χ0v) is 16.4. The number of halogens is 1. The Bertz CT molecular complexity index is 1170. The van der Waals surface area contributed by atoms with Crippen LogP contribution < -0.4 is 16.0 Å². The molecule has 3 rings (SSSR count). The van der Waals surface area contributed by atoms with E-state index in [9.17, 15) is 14.4 Å². The third-order valence-electron chi connectivity index (χ3n) is 4.38. The number of aromatic nitrogens is 3. The Morgan fingerprint density at radius 1 is 1.21 bits per heavy atom. The fourth-order valence-electron chi connectivity index (χ4n) is 2.76. The number of hydrogen-bond acceptors (Lipinski definition) is 5. The van der Waals surface area contributed by atoms with Gasteiger partial charge in [-0.2, -0.15) is 0 Å². The van der Waals surface area contributed by atoms with E-state index >= 15 is 0 Å². The summed E-state index contributed by atoms with van der Waals surface area (Å²) in [6.07, 6.45) is 1.36. The van der Waals surface area contributed by atoms with Gasteiger partial charge >= 0.3 is 5.69 Å². The van der Waals surface area contributed by atoms with E-state index < -0.39 is 11.2 Å². The molecule has 8 nitrogen and oxygen atoms in total. The monoisotopic (exact) mass is 402 g/mol. The van der Waals surface area contributed by atoms with Crippen LogP contribution in [0, 0.1) is 0 Å². The molecule has 1 amide bonds. The number of hydrogen-bond donors (Lipinski definition) is 0. The summed E-state index contributed by atoms with van der Waals surface area (Å²) in [7, 11) is 4.54. The fraction of sp³-hybridized carbons (Fsp3) is 0.263. The highest BCUT2D eigenvalue weighted by Crippen LogP contribution is 2.17. The van der Waals surface area contributed by atoms with Crippen LogP contribution in [0.25, 0.3) is 11.0 Å². The summed E-state index contributed by atoms with van der Waals surface area (Å²) in [5.41, 5.74) is -0.475. The lowest BCUT2D eigenvalue weighted by atomic mass is 10.2. The molecule has 0 N–H and O–H groups in total. The highest BCUT2D eigenvalue weighted by Gasteiger charge is 2.16. The molecule has 0 fully saturated rings. The minimum atomic E-state index is -0.493. The quantitative estimate of drug-likeness (QED) is 0.644. The molecule has 1 aromatic carbocycles. The summed E-state index contributed by atoms with van der Waals surface area (Å²) in [5.74, 6) is 0.310. The fourth-order valence-corrected chi connectivity index (χ4v) is 2.94. The van der Waals surface area contributed by atoms with Crippen molar-refractivity contribution in [2.75, 3.05) is 20.2 Å². The average Bonchev–Trinajstić information content (AvgIpc) is 2.69. The second-order valence-corrected chi connectivity index (χ2v) is 6.77. The molecule has 28 heavy (non-hydrogen) atoms. The van der Waals surface area contributed by atoms with Gasteiger partial charge in [0.1, 0.15) is 18.0 Å². The van der Waals surface area contributed by atoms with E-state index in [1.807, 2.05) is 0 Å². The number of carbonyl (C=O) groups is 1. The van der Waals surface area contributed by atoms with Gasteiger partial charge < -0.3 is 9.64 Å². The van der Waals surface area contributed by atoms with Gasteiger partial charge in [-0.3, -0.25) is 18.7 Å². The van der Waals surface area contributed by atoms with Crippen molar-refractivity contribution in [1.29, 1.82) is 0 Å². The number of likely N-dealkylation sites (N-methyl/N-ethyl adjacent to an activating group) is 1. The Morgan fingerprint density at radius 3 is 2.68 bits per heavy atom. The highest BCUT2D eigenvalue weighted by atomic mass is 35.5. The van der Waals surface area contributed by atoms with Gasteiger partial charge in [-0.25, -0.2) is 9.78 Å². The lowest BCUT2D eigenvalue weighted by molar-refractivity contribution is 0.0773. The molecule has 0 aliphatic rings. The number of nitrogens with zero attached hydrogens (tertiary/aromatic N) is 4. The third-order valence-corrected chi connectivity index (χ3v) is 4.61. The van der Waals surface area contributed by atoms with Gasteiger partial charge in [0.2, 0.25) is 0 Å². The first kappa shape index (κ1) is 19.6. The van der Waals surface area contributed by atoms with E-state index in [1.165, 1.54) is 35.8 Å². The van der Waals surface area contributed by atoms with Crippen molar-refractivity contribution in [1.82, 2.24) is 19.0 Å². The Labute approximate surface area is 165 Å². The van der Waals surface area contributed by atoms with Crippen molar-refractivity contribution in [2.24, 2.45) is 14.1 Å². The normalized spacial score (nSPS) is 10.9. The van der Waals surface area contributed by atoms with E-state index in [-0.39, 0.29) is 29.1 Å². The number of carbonyl (C=O) groups excluding carboxylic acids is 1. The van der Waals surface area contributed by atoms with Crippen molar-refractivity contribution in [3.8, 4) is 5.75 Å². The lowest BCUT2D eigenvalue weighted by Crippen LogP contribution is -2.37. The minimum Gasteiger partial charge on any atom is -0.492 e. The molecule has 2 heterocycles. The largest absolute Gasteiger partial charge is 0.492 e. The van der Waals surface area contributed by atoms with Gasteiger partial charge in [0.15, 0.2) is 0 Å². The second-order valence-electron chi connectivity index (χ2n) is 6.33. The molecule has 0 unspecified atom stereocenters. The Balaban J connectivity index is 1.77. The summed E-state index contributed by atoms with van der Waals surface area (Å²) < 4.78 is 7.85. The predicted molar refractivity (Wildman–Crippen MR) is 106 cm³/mol. The minimum absolute atomic E-state index is 0.207. The molecule has 0 aliphatic carbocycles. The predicted octanol–water partition coefficient (Wildman–Crippen LogP) is 1.44. The van der Waals surface area contributed by atoms with Crippen LogP contribution in [-0.2, 0) is 14.1 Å². The molecule has 0 bridgehead atoms. The molecule has 2 aromatic heterocycles. The third kappa shape index (κ3) is 3.77. The Morgan fingerprint density at radius 2 is 1.96 bits per heavy atom. The average molecular weight is 403 g/mol. The first-order valence-electron chi connectivity index (χ1n) is 8.49. The molecule has 3 aromatic rings. The highest BCUT2D eigenvalue weighted by molar-refractivity contribution is 6.30. The standard InChI is InChI=1S/C19H19ClN4O4/c1-22(7-8-28-14-6-4-5-13(20)10-14)17(25)12-9-15-16(21-11-12)23(2)19(27)24(3)18(15)26/h4-6,9-11H,7-8H2,1-3H3. The number of aryl methyl sites for hydroxylation is 1. The number of fused-ring (bicyclic) bond motifs is 1. The molecule has 0 spiro atoms. The summed E-state index contributed by atoms with van der Waals surface area (Å²) in [6.45, 7) is 0.606. The lowest BCUT2D eigenvalue weighted by Gasteiger charge is -2.18. The Kier molecular flexibility index (Phi) is 5.51. The number of benzene rings is 1. The topological polar surface area (TPSA) is 86.4 Å². The maximum atomic E-state index is 12.7. The molecule has 0 atom stereocenters. The SMILES string of the molecule is CN(CCOc1cccc(Cl)c1)C(=O)c1cnc2c(c1)c(=O)n(C)c(=O)n2C. The summed E-state index contributed by atoms with van der Waals surface area (Å²) in [6, 6.07) is 8.45. The summed E-state index contributed by atoms with van der Waals surface area (Å²) >= 11 is 5.91. The number of pyridine rings is 1. The molecular weight excluding hydrogens is 384 g/mol. The van der Waals surface area contributed by atoms with Gasteiger partial charge in [-0.05, 0) is 24.3 Å². The number of rotatable bonds is 5. The summed E-state index contributed by atoms with van der Waals surface area (Å²) in [4.78, 5) is 42.6. The van der Waals surface area contributed by atoms with Crippen LogP contribution in [0.2, 0.25) is 5.02 Å². The van der Waals surface area contributed by atoms with E-state index in [2.05, 4.69) is 4.98 Å². The van der Waals surface area contributed by atoms with E-state index in [0.29, 0.717) is 17.3 Å². The molecular formula is C19H19ClN4O4. The summed E-state index contributed by atoms with van der Waals surface area (Å²) in [5, 5.41) is 0.777. The van der Waals surface area contributed by atoms with E-state index in [4.69, 9.17) is 16.3 Å². The van der Waals surface area contributed by atoms with Crippen LogP contribution in [0.3, 0.4) is 0 Å². The van der Waals surface area contributed by atoms with Crippen molar-refractivity contribution in [3.05, 3.63) is 68.0 Å². The van der Waals surface area contributed by atoms with Gasteiger partial charge in [0, 0.05) is 32.4 Å². The zero-order valence-electron chi connectivity index (χ0n) is 15.7. The molecule has 0 saturated carbocycles. The van der Waals surface area contributed by atoms with E-state index in [1.54, 1.807) is 31.3 Å². The smallest absolute Gasteiger partial charge is 0.332 e. The maximum Gasteiger partial charge on any atom is 0.332 e. The number of ether oxygens (including phenoxy) is 1. The number of amides is 1. The van der Waals surface area contributed by atoms with Crippen LogP contribution in [0.4, 0.5) is 0 Å². The van der Waals surface area contributed by atoms with Gasteiger partial charge in [0.05, 0.1) is 17.5 Å². The second kappa shape index (κ2) is 7.85. The molecule has 0 aliphatic heterocycles. The van der Waals surface area contributed by atoms with Crippen LogP contribution >= 0.6 is 11.6 Å². The first-order valence-corrected chi connectivity index (χ1v) is 8.87. The van der Waals surface area contributed by atoms with Crippen molar-refractivity contribution < 1.29 is 9.53 Å². The first-order chi connectivity index (χ1) is 13.3. The molecule has 146 valence electrons. The molecule has 0 saturated heterocycles. The van der Waals surface area contributed by atoms with Gasteiger partial charge in [-0.15, -0.1) is 0 Å². The van der Waals surface area contributed by atoms with Crippen molar-refractivity contribution in [3.63, 3.8) is 0 Å². The molecule has 9 heteroatoms. The molecule has 0 radical (unpaired) electrons. The zero-order chi connectivity index (χ0) is 20.4. The van der Waals surface area contributed by atoms with E-state index in [0.717, 1.165) is 4.57 Å². The van der Waals surface area contributed by atoms with Gasteiger partial charge in [-0.1, -0.05) is 17.7 Å². The van der Waals surface area contributed by atoms with Gasteiger partial charge in [0.25, 0.3) is 11.5 Å². The van der Waals surface area contributed by atoms with Crippen LogP contribution in [0.5, 0.6) is 5.75 Å². The Hall–Kier alpha value is -3.13. The van der Waals surface area contributed by atoms with Crippen LogP contribution in [-0.4, -0.2) is 45.1 Å².